The number of aliphatic hydroxyl groups is 1. The molecule has 3 rings (SSSR count). The lowest BCUT2D eigenvalue weighted by atomic mass is 10.2. The normalized spacial score (nSPS) is 26.3. The van der Waals surface area contributed by atoms with E-state index >= 15 is 0 Å². The second-order valence-electron chi connectivity index (χ2n) is 5.06. The molecule has 2 atom stereocenters. The molecule has 2 fully saturated rings. The highest BCUT2D eigenvalue weighted by Crippen LogP contribution is 2.32. The second-order valence-corrected chi connectivity index (χ2v) is 7.13. The van der Waals surface area contributed by atoms with E-state index < -0.39 is 23.2 Å². The Bertz CT molecular complexity index is 658. The minimum absolute atomic E-state index is 0.217. The molecule has 0 aromatic carbocycles. The topological polar surface area (TPSA) is 99.9 Å². The quantitative estimate of drug-likeness (QED) is 0.775. The van der Waals surface area contributed by atoms with Gasteiger partial charge >= 0.3 is 0 Å². The highest BCUT2D eigenvalue weighted by molar-refractivity contribution is 8.18. The van der Waals surface area contributed by atoms with Gasteiger partial charge in [0.2, 0.25) is 5.91 Å². The molecular weight excluding hydrogens is 340 g/mol. The number of hydrogen-bond acceptors (Lipinski definition) is 7. The summed E-state index contributed by atoms with van der Waals surface area (Å²) in [4.78, 5) is 37.2. The van der Waals surface area contributed by atoms with Crippen molar-refractivity contribution in [1.29, 1.82) is 0 Å². The minimum Gasteiger partial charge on any atom is -0.465 e. The Balaban J connectivity index is 1.62. The number of furan rings is 1. The molecule has 7 nitrogen and oxygen atoms in total. The molecule has 1 aromatic rings. The third-order valence-electron chi connectivity index (χ3n) is 3.39. The Hall–Kier alpha value is -1.71. The van der Waals surface area contributed by atoms with Gasteiger partial charge < -0.3 is 14.8 Å². The van der Waals surface area contributed by atoms with Gasteiger partial charge in [0, 0.05) is 17.6 Å². The zero-order valence-corrected chi connectivity index (χ0v) is 13.6. The summed E-state index contributed by atoms with van der Waals surface area (Å²) in [5.74, 6) is 0.669. The van der Waals surface area contributed by atoms with Gasteiger partial charge in [-0.1, -0.05) is 0 Å². The molecule has 0 unspecified atom stereocenters. The lowest BCUT2D eigenvalue weighted by Crippen LogP contribution is -2.47. The molecule has 122 valence electrons. The van der Waals surface area contributed by atoms with Crippen molar-refractivity contribution in [2.75, 3.05) is 18.1 Å². The molecule has 0 radical (unpaired) electrons. The van der Waals surface area contributed by atoms with Gasteiger partial charge in [-0.3, -0.25) is 19.3 Å². The largest absolute Gasteiger partial charge is 0.465 e. The third kappa shape index (κ3) is 3.62. The van der Waals surface area contributed by atoms with E-state index in [4.69, 9.17) is 4.42 Å². The average molecular weight is 354 g/mol. The van der Waals surface area contributed by atoms with Crippen LogP contribution in [0, 0.1) is 0 Å². The summed E-state index contributed by atoms with van der Waals surface area (Å²) in [7, 11) is 0. The highest BCUT2D eigenvalue weighted by atomic mass is 32.2. The van der Waals surface area contributed by atoms with Crippen LogP contribution in [0.15, 0.2) is 27.7 Å². The lowest BCUT2D eigenvalue weighted by molar-refractivity contribution is -0.129. The van der Waals surface area contributed by atoms with E-state index in [2.05, 4.69) is 5.32 Å². The fourth-order valence-electron chi connectivity index (χ4n) is 2.22. The van der Waals surface area contributed by atoms with E-state index in [1.165, 1.54) is 12.3 Å². The predicted octanol–water partition coefficient (Wildman–Crippen LogP) is 0.908. The minimum atomic E-state index is -0.599. The van der Waals surface area contributed by atoms with Crippen LogP contribution in [0.1, 0.15) is 5.76 Å². The molecule has 0 saturated carbocycles. The molecule has 3 amide bonds. The molecule has 0 bridgehead atoms. The number of hydrogen-bond donors (Lipinski definition) is 2. The van der Waals surface area contributed by atoms with Crippen LogP contribution >= 0.6 is 23.5 Å². The first-order chi connectivity index (χ1) is 11.0. The zero-order chi connectivity index (χ0) is 16.4. The van der Waals surface area contributed by atoms with Gasteiger partial charge in [0.05, 0.1) is 23.3 Å². The number of nitrogens with zero attached hydrogens (tertiary/aromatic N) is 1. The maximum atomic E-state index is 12.2. The summed E-state index contributed by atoms with van der Waals surface area (Å²) in [5, 5.41) is 11.8. The van der Waals surface area contributed by atoms with Crippen LogP contribution in [0.5, 0.6) is 0 Å². The SMILES string of the molecule is O=C(CN1C(=O)S/C(=C\c2ccco2)C1=O)N[C@@H]1CSC[C@H]1O. The van der Waals surface area contributed by atoms with Gasteiger partial charge in [-0.05, 0) is 23.9 Å². The molecule has 2 aliphatic heterocycles. The number of carbonyl (C=O) groups is 3. The second kappa shape index (κ2) is 6.81. The molecule has 2 aliphatic rings. The van der Waals surface area contributed by atoms with Gasteiger partial charge in [0.1, 0.15) is 12.3 Å². The van der Waals surface area contributed by atoms with Crippen molar-refractivity contribution in [1.82, 2.24) is 10.2 Å². The summed E-state index contributed by atoms with van der Waals surface area (Å²) >= 11 is 2.31. The van der Waals surface area contributed by atoms with E-state index in [9.17, 15) is 19.5 Å². The Morgan fingerprint density at radius 3 is 2.96 bits per heavy atom. The molecule has 1 aromatic heterocycles. The Morgan fingerprint density at radius 1 is 1.48 bits per heavy atom. The summed E-state index contributed by atoms with van der Waals surface area (Å²) in [6.45, 7) is -0.353. The zero-order valence-electron chi connectivity index (χ0n) is 11.9. The molecule has 0 aliphatic carbocycles. The number of nitrogens with one attached hydrogen (secondary N) is 1. The van der Waals surface area contributed by atoms with Crippen molar-refractivity contribution in [2.24, 2.45) is 0 Å². The van der Waals surface area contributed by atoms with E-state index in [1.807, 2.05) is 0 Å². The van der Waals surface area contributed by atoms with Crippen LogP contribution in [-0.4, -0.2) is 57.3 Å². The summed E-state index contributed by atoms with van der Waals surface area (Å²) in [5.41, 5.74) is 0. The number of carbonyl (C=O) groups excluding carboxylic acids is 3. The fourth-order valence-corrected chi connectivity index (χ4v) is 4.20. The Labute approximate surface area is 140 Å². The van der Waals surface area contributed by atoms with Crippen molar-refractivity contribution >= 4 is 46.7 Å². The Morgan fingerprint density at radius 2 is 2.30 bits per heavy atom. The van der Waals surface area contributed by atoms with E-state index in [0.717, 1.165) is 16.7 Å². The number of rotatable bonds is 4. The van der Waals surface area contributed by atoms with Crippen LogP contribution in [0.3, 0.4) is 0 Å². The summed E-state index contributed by atoms with van der Waals surface area (Å²) in [6, 6.07) is 3.00. The molecular formula is C14H14N2O5S2. The van der Waals surface area contributed by atoms with Crippen molar-refractivity contribution < 1.29 is 23.9 Å². The fraction of sp³-hybridized carbons (Fsp3) is 0.357. The van der Waals surface area contributed by atoms with Crippen molar-refractivity contribution in [3.8, 4) is 0 Å². The monoisotopic (exact) mass is 354 g/mol. The van der Waals surface area contributed by atoms with Crippen LogP contribution in [0.2, 0.25) is 0 Å². The summed E-state index contributed by atoms with van der Waals surface area (Å²) < 4.78 is 5.11. The summed E-state index contributed by atoms with van der Waals surface area (Å²) in [6.07, 6.45) is 2.34. The van der Waals surface area contributed by atoms with Crippen LogP contribution in [-0.2, 0) is 9.59 Å². The van der Waals surface area contributed by atoms with E-state index in [0.29, 0.717) is 17.3 Å². The van der Waals surface area contributed by atoms with Crippen LogP contribution < -0.4 is 5.32 Å². The van der Waals surface area contributed by atoms with Crippen molar-refractivity contribution in [3.63, 3.8) is 0 Å². The number of aliphatic hydroxyl groups excluding tert-OH is 1. The van der Waals surface area contributed by atoms with E-state index in [-0.39, 0.29) is 17.5 Å². The molecule has 2 N–H and O–H groups in total. The van der Waals surface area contributed by atoms with E-state index in [1.54, 1.807) is 23.9 Å². The maximum absolute atomic E-state index is 12.2. The average Bonchev–Trinajstić information content (AvgIpc) is 3.20. The van der Waals surface area contributed by atoms with Crippen molar-refractivity contribution in [3.05, 3.63) is 29.1 Å². The molecule has 0 spiro atoms. The molecule has 2 saturated heterocycles. The van der Waals surface area contributed by atoms with Crippen molar-refractivity contribution in [2.45, 2.75) is 12.1 Å². The third-order valence-corrected chi connectivity index (χ3v) is 5.47. The maximum Gasteiger partial charge on any atom is 0.294 e. The predicted molar refractivity (Wildman–Crippen MR) is 86.6 cm³/mol. The van der Waals surface area contributed by atoms with Gasteiger partial charge in [0.15, 0.2) is 0 Å². The number of amides is 3. The van der Waals surface area contributed by atoms with Crippen LogP contribution in [0.4, 0.5) is 4.79 Å². The first kappa shape index (κ1) is 16.2. The Kier molecular flexibility index (Phi) is 4.79. The van der Waals surface area contributed by atoms with Gasteiger partial charge in [-0.15, -0.1) is 0 Å². The van der Waals surface area contributed by atoms with Gasteiger partial charge in [0.25, 0.3) is 11.1 Å². The smallest absolute Gasteiger partial charge is 0.294 e. The van der Waals surface area contributed by atoms with Crippen LogP contribution in [0.25, 0.3) is 6.08 Å². The number of thioether (sulfide) groups is 2. The highest BCUT2D eigenvalue weighted by Gasteiger charge is 2.37. The molecule has 9 heteroatoms. The molecule has 23 heavy (non-hydrogen) atoms. The number of imide groups is 1. The lowest BCUT2D eigenvalue weighted by Gasteiger charge is -2.18. The van der Waals surface area contributed by atoms with Gasteiger partial charge in [-0.2, -0.15) is 11.8 Å². The van der Waals surface area contributed by atoms with Gasteiger partial charge in [-0.25, -0.2) is 0 Å². The first-order valence-corrected chi connectivity index (χ1v) is 8.86. The molecule has 3 heterocycles. The standard InChI is InChI=1S/C14H14N2O5S2/c17-10-7-22-6-9(10)15-12(18)5-16-13(19)11(23-14(16)20)4-8-2-1-3-21-8/h1-4,9-10,17H,5-7H2,(H,15,18)/b11-4-/t9-,10-/m1/s1. The first-order valence-electron chi connectivity index (χ1n) is 6.88.